The molecule has 3 aliphatic rings. The Hall–Kier alpha value is -3.83. The number of carbonyl (C=O) groups is 2. The van der Waals surface area contributed by atoms with E-state index in [9.17, 15) is 18.0 Å². The molecule has 0 aromatic carbocycles. The Morgan fingerprint density at radius 1 is 1.22 bits per heavy atom. The van der Waals surface area contributed by atoms with E-state index in [-0.39, 0.29) is 11.4 Å². The van der Waals surface area contributed by atoms with Crippen LogP contribution in [0, 0.1) is 19.8 Å². The second-order valence-electron chi connectivity index (χ2n) is 9.67. The van der Waals surface area contributed by atoms with E-state index in [2.05, 4.69) is 39.0 Å². The van der Waals surface area contributed by atoms with Crippen LogP contribution in [0.15, 0.2) is 41.2 Å². The van der Waals surface area contributed by atoms with Crippen LogP contribution in [0.3, 0.4) is 0 Å². The second-order valence-corrected chi connectivity index (χ2v) is 9.67. The number of nitrogens with zero attached hydrogens (tertiary/aromatic N) is 5. The molecular weight excluding hydrogens is 491 g/mol. The molecule has 196 valence electrons. The summed E-state index contributed by atoms with van der Waals surface area (Å²) < 4.78 is 39.2. The molecule has 1 spiro atoms. The van der Waals surface area contributed by atoms with Crippen molar-refractivity contribution in [3.05, 3.63) is 59.4 Å². The lowest BCUT2D eigenvalue weighted by molar-refractivity contribution is -0.192. The van der Waals surface area contributed by atoms with Gasteiger partial charge in [0.1, 0.15) is 16.9 Å². The van der Waals surface area contributed by atoms with Gasteiger partial charge in [0, 0.05) is 32.0 Å². The zero-order valence-corrected chi connectivity index (χ0v) is 20.3. The van der Waals surface area contributed by atoms with Crippen molar-refractivity contribution >= 4 is 17.6 Å². The number of hydrogen-bond donors (Lipinski definition) is 1. The number of fused-ring (bicyclic) bond motifs is 4. The van der Waals surface area contributed by atoms with E-state index in [1.807, 2.05) is 31.0 Å². The third-order valence-corrected chi connectivity index (χ3v) is 7.19. The number of aromatic nitrogens is 3. The van der Waals surface area contributed by atoms with Gasteiger partial charge in [-0.05, 0) is 63.3 Å². The average molecular weight is 518 g/mol. The number of aliphatic carboxylic acids is 1. The Morgan fingerprint density at radius 3 is 2.57 bits per heavy atom. The third-order valence-electron chi connectivity index (χ3n) is 7.19. The molecule has 0 radical (unpaired) electrons. The Kier molecular flexibility index (Phi) is 5.99. The van der Waals surface area contributed by atoms with Gasteiger partial charge >= 0.3 is 12.1 Å². The number of hydrogen-bond acceptors (Lipinski definition) is 6. The summed E-state index contributed by atoms with van der Waals surface area (Å²) in [5.74, 6) is -0.435. The molecule has 1 aliphatic carbocycles. The van der Waals surface area contributed by atoms with Gasteiger partial charge in [-0.15, -0.1) is 0 Å². The van der Waals surface area contributed by atoms with Crippen molar-refractivity contribution in [3.63, 3.8) is 0 Å². The summed E-state index contributed by atoms with van der Waals surface area (Å²) in [6, 6.07) is 8.48. The number of carboxylic acids is 1. The van der Waals surface area contributed by atoms with Gasteiger partial charge in [0.15, 0.2) is 5.82 Å². The van der Waals surface area contributed by atoms with Crippen molar-refractivity contribution in [1.82, 2.24) is 19.6 Å². The van der Waals surface area contributed by atoms with Crippen molar-refractivity contribution in [2.75, 3.05) is 24.5 Å². The van der Waals surface area contributed by atoms with Gasteiger partial charge in [-0.25, -0.2) is 9.78 Å². The van der Waals surface area contributed by atoms with Crippen molar-refractivity contribution in [1.29, 1.82) is 0 Å². The maximum Gasteiger partial charge on any atom is 0.490 e. The van der Waals surface area contributed by atoms with E-state index < -0.39 is 12.1 Å². The number of anilines is 1. The fourth-order valence-corrected chi connectivity index (χ4v) is 5.27. The number of amides is 1. The van der Waals surface area contributed by atoms with Gasteiger partial charge in [-0.2, -0.15) is 13.2 Å². The molecule has 3 aromatic rings. The molecule has 12 heteroatoms. The van der Waals surface area contributed by atoms with Crippen LogP contribution in [0.25, 0.3) is 5.82 Å². The van der Waals surface area contributed by atoms with E-state index in [1.54, 1.807) is 0 Å². The Labute approximate surface area is 210 Å². The first-order valence-electron chi connectivity index (χ1n) is 12.0. The minimum absolute atomic E-state index is 0.0181. The smallest absolute Gasteiger partial charge is 0.475 e. The van der Waals surface area contributed by atoms with Gasteiger partial charge in [0.2, 0.25) is 0 Å². The van der Waals surface area contributed by atoms with Gasteiger partial charge < -0.3 is 24.0 Å². The van der Waals surface area contributed by atoms with Crippen LogP contribution in [0.1, 0.15) is 46.8 Å². The molecule has 1 atom stereocenters. The van der Waals surface area contributed by atoms with Crippen LogP contribution < -0.4 is 4.90 Å². The lowest BCUT2D eigenvalue weighted by atomic mass is 9.88. The number of pyridine rings is 1. The number of aryl methyl sites for hydroxylation is 2. The maximum absolute atomic E-state index is 13.4. The highest BCUT2D eigenvalue weighted by atomic mass is 19.4. The van der Waals surface area contributed by atoms with Crippen molar-refractivity contribution in [2.45, 2.75) is 44.8 Å². The van der Waals surface area contributed by atoms with E-state index >= 15 is 0 Å². The summed E-state index contributed by atoms with van der Waals surface area (Å²) in [7, 11) is 0. The first-order chi connectivity index (χ1) is 17.5. The molecule has 9 nitrogen and oxygen atoms in total. The zero-order valence-electron chi connectivity index (χ0n) is 20.3. The monoisotopic (exact) mass is 517 g/mol. The van der Waals surface area contributed by atoms with Gasteiger partial charge in [-0.1, -0.05) is 5.16 Å². The summed E-state index contributed by atoms with van der Waals surface area (Å²) in [6.45, 7) is 6.03. The van der Waals surface area contributed by atoms with Crippen molar-refractivity contribution < 1.29 is 32.4 Å². The minimum atomic E-state index is -5.08. The SMILES string of the molecule is Cc1noc(C)c1C(=O)N1CCC2(C1)c1cccn1-c1ncccc1N2CC1CC1.O=C(O)C(F)(F)F. The Bertz CT molecular complexity index is 1330. The molecule has 1 amide bonds. The van der Waals surface area contributed by atoms with E-state index in [4.69, 9.17) is 19.4 Å². The van der Waals surface area contributed by atoms with Crippen LogP contribution in [0.2, 0.25) is 0 Å². The van der Waals surface area contributed by atoms with Crippen LogP contribution in [0.5, 0.6) is 0 Å². The lowest BCUT2D eigenvalue weighted by Crippen LogP contribution is -2.53. The summed E-state index contributed by atoms with van der Waals surface area (Å²) in [5, 5.41) is 11.1. The molecule has 1 saturated heterocycles. The predicted octanol–water partition coefficient (Wildman–Crippen LogP) is 4.08. The molecule has 3 aromatic heterocycles. The molecule has 1 N–H and O–H groups in total. The van der Waals surface area contributed by atoms with Gasteiger partial charge in [0.05, 0.1) is 17.1 Å². The average Bonchev–Trinajstić information content (AvgIpc) is 3.21. The predicted molar refractivity (Wildman–Crippen MR) is 126 cm³/mol. The minimum Gasteiger partial charge on any atom is -0.475 e. The quantitative estimate of drug-likeness (QED) is 0.558. The van der Waals surface area contributed by atoms with E-state index in [1.165, 1.54) is 24.2 Å². The second kappa shape index (κ2) is 8.93. The van der Waals surface area contributed by atoms with Gasteiger partial charge in [0.25, 0.3) is 5.91 Å². The molecule has 1 saturated carbocycles. The number of carbonyl (C=O) groups excluding carboxylic acids is 1. The Morgan fingerprint density at radius 2 is 1.95 bits per heavy atom. The number of alkyl halides is 3. The molecule has 37 heavy (non-hydrogen) atoms. The standard InChI is InChI=1S/C23H25N5O2.C2HF3O2/c1-15-20(16(2)30-25-15)22(29)26-12-9-23(14-26)19-6-4-11-27(19)21-18(5-3-10-24-21)28(23)13-17-7-8-17;3-2(4,5)1(6)7/h3-6,10-11,17H,7-9,12-14H2,1-2H3;(H,6,7). The van der Waals surface area contributed by atoms with Crippen molar-refractivity contribution in [3.8, 4) is 5.82 Å². The zero-order chi connectivity index (χ0) is 26.5. The molecule has 6 rings (SSSR count). The number of rotatable bonds is 3. The van der Waals surface area contributed by atoms with Gasteiger partial charge in [-0.3, -0.25) is 4.79 Å². The summed E-state index contributed by atoms with van der Waals surface area (Å²) in [6.07, 6.45) is 2.33. The van der Waals surface area contributed by atoms with Crippen LogP contribution in [-0.2, 0) is 10.3 Å². The molecule has 0 bridgehead atoms. The molecule has 1 unspecified atom stereocenters. The fourth-order valence-electron chi connectivity index (χ4n) is 5.27. The topological polar surface area (TPSA) is 105 Å². The lowest BCUT2D eigenvalue weighted by Gasteiger charge is -2.47. The third kappa shape index (κ3) is 4.34. The molecule has 5 heterocycles. The molecular formula is C25H26F3N5O4. The Balaban J connectivity index is 0.000000355. The van der Waals surface area contributed by atoms with Crippen LogP contribution in [0.4, 0.5) is 18.9 Å². The maximum atomic E-state index is 13.4. The highest BCUT2D eigenvalue weighted by molar-refractivity contribution is 5.96. The number of halogens is 3. The highest BCUT2D eigenvalue weighted by Gasteiger charge is 2.52. The largest absolute Gasteiger partial charge is 0.490 e. The van der Waals surface area contributed by atoms with Crippen molar-refractivity contribution in [2.24, 2.45) is 5.92 Å². The first kappa shape index (κ1) is 24.8. The van der Waals surface area contributed by atoms with E-state index in [0.29, 0.717) is 30.1 Å². The first-order valence-corrected chi connectivity index (χ1v) is 12.0. The summed E-state index contributed by atoms with van der Waals surface area (Å²) in [5.41, 5.74) is 3.42. The number of carboxylic acid groups (broad SMARTS) is 1. The fraction of sp³-hybridized carbons (Fsp3) is 0.440. The van der Waals surface area contributed by atoms with Crippen LogP contribution >= 0.6 is 0 Å². The summed E-state index contributed by atoms with van der Waals surface area (Å²) >= 11 is 0. The molecule has 2 aliphatic heterocycles. The van der Waals surface area contributed by atoms with E-state index in [0.717, 1.165) is 24.7 Å². The summed E-state index contributed by atoms with van der Waals surface area (Å²) in [4.78, 5) is 31.5. The molecule has 2 fully saturated rings. The number of likely N-dealkylation sites (tertiary alicyclic amines) is 1. The highest BCUT2D eigenvalue weighted by Crippen LogP contribution is 2.49. The normalized spacial score (nSPS) is 20.4. The van der Waals surface area contributed by atoms with Crippen LogP contribution in [-0.4, -0.2) is 62.4 Å².